The molecule has 146 valence electrons. The van der Waals surface area contributed by atoms with Crippen LogP contribution in [0.5, 0.6) is 5.75 Å². The van der Waals surface area contributed by atoms with Crippen LogP contribution in [-0.4, -0.2) is 26.7 Å². The van der Waals surface area contributed by atoms with Gasteiger partial charge in [-0.3, -0.25) is 0 Å². The molecular weight excluding hydrogens is 344 g/mol. The Hall–Kier alpha value is -1.15. The lowest BCUT2D eigenvalue weighted by atomic mass is 10.0. The van der Waals surface area contributed by atoms with E-state index in [9.17, 15) is 13.5 Å². The number of hydrogen-bond acceptors (Lipinski definition) is 6. The monoisotopic (exact) mass is 376 g/mol. The highest BCUT2D eigenvalue weighted by Gasteiger charge is 2.10. The number of aromatic hydroxyl groups is 1. The van der Waals surface area contributed by atoms with Gasteiger partial charge in [-0.15, -0.1) is 0 Å². The molecule has 0 spiro atoms. The Morgan fingerprint density at radius 2 is 1.56 bits per heavy atom. The molecule has 0 saturated heterocycles. The molecule has 25 heavy (non-hydrogen) atoms. The largest absolute Gasteiger partial charge is 0.508 e. The van der Waals surface area contributed by atoms with Crippen molar-refractivity contribution in [2.24, 2.45) is 0 Å². The van der Waals surface area contributed by atoms with Gasteiger partial charge in [0.2, 0.25) is 0 Å². The van der Waals surface area contributed by atoms with Gasteiger partial charge in [0, 0.05) is 0 Å². The molecule has 0 saturated carbocycles. The number of rotatable bonds is 12. The van der Waals surface area contributed by atoms with Crippen molar-refractivity contribution >= 4 is 10.4 Å². The molecule has 1 rings (SSSR count). The summed E-state index contributed by atoms with van der Waals surface area (Å²) >= 11 is 0. The van der Waals surface area contributed by atoms with Crippen LogP contribution in [0.4, 0.5) is 0 Å². The molecule has 6 nitrogen and oxygen atoms in total. The summed E-state index contributed by atoms with van der Waals surface area (Å²) in [6.07, 6.45) is 8.85. The first-order chi connectivity index (χ1) is 12.0. The number of unbranched alkanes of at least 4 members (excludes halogenated alkanes) is 5. The predicted molar refractivity (Wildman–Crippen MR) is 98.4 cm³/mol. The van der Waals surface area contributed by atoms with Crippen LogP contribution in [0.25, 0.3) is 0 Å². The van der Waals surface area contributed by atoms with Gasteiger partial charge in [0.25, 0.3) is 0 Å². The Morgan fingerprint density at radius 3 is 2.16 bits per heavy atom. The van der Waals surface area contributed by atoms with Crippen LogP contribution in [0.1, 0.15) is 64.9 Å². The third-order valence-corrected chi connectivity index (χ3v) is 4.09. The van der Waals surface area contributed by atoms with E-state index in [1.165, 1.54) is 45.4 Å². The second-order valence-corrected chi connectivity index (χ2v) is 6.62. The zero-order valence-corrected chi connectivity index (χ0v) is 16.4. The quantitative estimate of drug-likeness (QED) is 0.328. The zero-order chi connectivity index (χ0) is 19.0. The zero-order valence-electron chi connectivity index (χ0n) is 15.6. The summed E-state index contributed by atoms with van der Waals surface area (Å²) in [5.74, 6) is 0.450. The standard InChI is InChI=1S/C14H22O.C4H10O5S/c1-2-3-4-5-6-7-10-13-11-8-9-12-14(13)15;1-3-7-9-10(5,6)8-4-2/h8-9,11-12,15H,2-7,10H2,1H3;3-4H2,1-2H3. The van der Waals surface area contributed by atoms with E-state index >= 15 is 0 Å². The molecule has 0 bridgehead atoms. The number of benzene rings is 1. The van der Waals surface area contributed by atoms with Gasteiger partial charge < -0.3 is 5.11 Å². The SMILES string of the molecule is CCCCCCCCc1ccccc1O.CCOOS(=O)(=O)OCC. The molecule has 0 heterocycles. The van der Waals surface area contributed by atoms with E-state index in [4.69, 9.17) is 0 Å². The molecular formula is C18H32O6S. The van der Waals surface area contributed by atoms with E-state index in [2.05, 4.69) is 20.3 Å². The topological polar surface area (TPSA) is 82.1 Å². The summed E-state index contributed by atoms with van der Waals surface area (Å²) in [5, 5.41) is 9.55. The Kier molecular flexibility index (Phi) is 14.4. The maximum absolute atomic E-state index is 10.4. The molecule has 0 aromatic heterocycles. The van der Waals surface area contributed by atoms with E-state index in [0.29, 0.717) is 5.75 Å². The lowest BCUT2D eigenvalue weighted by molar-refractivity contribution is -0.204. The minimum atomic E-state index is -3.92. The van der Waals surface area contributed by atoms with Gasteiger partial charge in [0.1, 0.15) is 5.75 Å². The Balaban J connectivity index is 0.000000504. The average molecular weight is 377 g/mol. The van der Waals surface area contributed by atoms with Crippen molar-refractivity contribution in [2.45, 2.75) is 65.7 Å². The van der Waals surface area contributed by atoms with Crippen LogP contribution in [0.3, 0.4) is 0 Å². The van der Waals surface area contributed by atoms with Gasteiger partial charge >= 0.3 is 10.4 Å². The predicted octanol–water partition coefficient (Wildman–Crippen LogP) is 4.53. The minimum Gasteiger partial charge on any atom is -0.508 e. The highest BCUT2D eigenvalue weighted by Crippen LogP contribution is 2.18. The highest BCUT2D eigenvalue weighted by atomic mass is 32.3. The minimum absolute atomic E-state index is 0.0371. The van der Waals surface area contributed by atoms with Crippen LogP contribution >= 0.6 is 0 Å². The third kappa shape index (κ3) is 13.8. The van der Waals surface area contributed by atoms with Crippen LogP contribution in [-0.2, 0) is 30.2 Å². The van der Waals surface area contributed by atoms with Crippen molar-refractivity contribution in [2.75, 3.05) is 13.2 Å². The number of hydrogen-bond donors (Lipinski definition) is 1. The Morgan fingerprint density at radius 1 is 0.920 bits per heavy atom. The molecule has 1 N–H and O–H groups in total. The summed E-state index contributed by atoms with van der Waals surface area (Å²) in [6.45, 7) is 5.57. The van der Waals surface area contributed by atoms with Crippen molar-refractivity contribution in [3.05, 3.63) is 29.8 Å². The first kappa shape index (κ1) is 23.9. The van der Waals surface area contributed by atoms with Crippen molar-refractivity contribution < 1.29 is 26.9 Å². The molecule has 0 amide bonds. The molecule has 0 radical (unpaired) electrons. The van der Waals surface area contributed by atoms with Crippen molar-refractivity contribution in [3.8, 4) is 5.75 Å². The number of aryl methyl sites for hydroxylation is 1. The van der Waals surface area contributed by atoms with E-state index in [1.54, 1.807) is 13.0 Å². The fourth-order valence-electron chi connectivity index (χ4n) is 2.09. The lowest BCUT2D eigenvalue weighted by Crippen LogP contribution is -2.10. The van der Waals surface area contributed by atoms with Crippen molar-refractivity contribution in [1.29, 1.82) is 0 Å². The van der Waals surface area contributed by atoms with Crippen molar-refractivity contribution in [1.82, 2.24) is 0 Å². The van der Waals surface area contributed by atoms with Gasteiger partial charge in [-0.05, 0) is 38.3 Å². The molecule has 0 aliphatic carbocycles. The summed E-state index contributed by atoms with van der Waals surface area (Å²) in [7, 11) is -3.92. The van der Waals surface area contributed by atoms with Crippen LogP contribution in [0.2, 0.25) is 0 Å². The average Bonchev–Trinajstić information content (AvgIpc) is 2.58. The number of phenolic OH excluding ortho intramolecular Hbond substituents is 1. The molecule has 0 aliphatic heterocycles. The second kappa shape index (κ2) is 15.1. The fraction of sp³-hybridized carbons (Fsp3) is 0.667. The van der Waals surface area contributed by atoms with E-state index in [1.807, 2.05) is 18.2 Å². The van der Waals surface area contributed by atoms with Crippen LogP contribution in [0, 0.1) is 0 Å². The Bertz CT molecular complexity index is 530. The van der Waals surface area contributed by atoms with E-state index in [-0.39, 0.29) is 13.2 Å². The fourth-order valence-corrected chi connectivity index (χ4v) is 2.63. The summed E-state index contributed by atoms with van der Waals surface area (Å²) in [6, 6.07) is 7.65. The van der Waals surface area contributed by atoms with Gasteiger partial charge in [-0.25, -0.2) is 9.07 Å². The van der Waals surface area contributed by atoms with Crippen molar-refractivity contribution in [3.63, 3.8) is 0 Å². The van der Waals surface area contributed by atoms with Gasteiger partial charge in [0.15, 0.2) is 0 Å². The molecule has 1 aromatic carbocycles. The molecule has 0 atom stereocenters. The molecule has 0 aliphatic rings. The third-order valence-electron chi connectivity index (χ3n) is 3.30. The summed E-state index contributed by atoms with van der Waals surface area (Å²) < 4.78 is 28.9. The van der Waals surface area contributed by atoms with Gasteiger partial charge in [-0.1, -0.05) is 61.6 Å². The van der Waals surface area contributed by atoms with Crippen LogP contribution in [0.15, 0.2) is 24.3 Å². The molecule has 0 fully saturated rings. The normalized spacial score (nSPS) is 11.0. The number of phenols is 1. The van der Waals surface area contributed by atoms with Crippen LogP contribution < -0.4 is 0 Å². The highest BCUT2D eigenvalue weighted by molar-refractivity contribution is 7.81. The lowest BCUT2D eigenvalue weighted by Gasteiger charge is -2.03. The van der Waals surface area contributed by atoms with Gasteiger partial charge in [0.05, 0.1) is 13.2 Å². The maximum Gasteiger partial charge on any atom is 0.426 e. The van der Waals surface area contributed by atoms with Gasteiger partial charge in [-0.2, -0.15) is 8.42 Å². The molecule has 7 heteroatoms. The Labute approximate surface area is 152 Å². The smallest absolute Gasteiger partial charge is 0.426 e. The first-order valence-electron chi connectivity index (χ1n) is 8.94. The summed E-state index contributed by atoms with van der Waals surface area (Å²) in [4.78, 5) is 4.14. The first-order valence-corrected chi connectivity index (χ1v) is 10.3. The molecule has 1 aromatic rings. The van der Waals surface area contributed by atoms with E-state index in [0.717, 1.165) is 12.0 Å². The second-order valence-electron chi connectivity index (χ2n) is 5.44. The molecule has 0 unspecified atom stereocenters. The van der Waals surface area contributed by atoms with E-state index < -0.39 is 10.4 Å². The number of para-hydroxylation sites is 1. The maximum atomic E-state index is 10.4. The summed E-state index contributed by atoms with van der Waals surface area (Å²) in [5.41, 5.74) is 1.09.